The summed E-state index contributed by atoms with van der Waals surface area (Å²) >= 11 is 0. The summed E-state index contributed by atoms with van der Waals surface area (Å²) in [5.41, 5.74) is 5.38. The highest BCUT2D eigenvalue weighted by atomic mass is 32.2. The lowest BCUT2D eigenvalue weighted by Crippen LogP contribution is -2.43. The van der Waals surface area contributed by atoms with Gasteiger partial charge in [-0.05, 0) is 18.8 Å². The van der Waals surface area contributed by atoms with Crippen LogP contribution in [0.4, 0.5) is 0 Å². The van der Waals surface area contributed by atoms with Crippen LogP contribution in [0, 0.1) is 5.92 Å². The van der Waals surface area contributed by atoms with E-state index in [-0.39, 0.29) is 18.5 Å². The summed E-state index contributed by atoms with van der Waals surface area (Å²) < 4.78 is 24.7. The SMILES string of the molecule is NCC(NS(=O)(=O)CC(=O)O)C1CC1. The molecule has 0 aromatic heterocycles. The van der Waals surface area contributed by atoms with E-state index >= 15 is 0 Å². The van der Waals surface area contributed by atoms with E-state index in [4.69, 9.17) is 10.8 Å². The second-order valence-electron chi connectivity index (χ2n) is 3.45. The minimum atomic E-state index is -3.73. The summed E-state index contributed by atoms with van der Waals surface area (Å²) in [6.45, 7) is 0.212. The molecule has 6 nitrogen and oxygen atoms in total. The minimum Gasteiger partial charge on any atom is -0.480 e. The Hall–Kier alpha value is -0.660. The molecule has 1 rings (SSSR count). The highest BCUT2D eigenvalue weighted by Crippen LogP contribution is 2.32. The van der Waals surface area contributed by atoms with Gasteiger partial charge in [0.25, 0.3) is 0 Å². The van der Waals surface area contributed by atoms with Gasteiger partial charge in [-0.2, -0.15) is 0 Å². The van der Waals surface area contributed by atoms with E-state index in [2.05, 4.69) is 4.72 Å². The number of nitrogens with two attached hydrogens (primary N) is 1. The van der Waals surface area contributed by atoms with Gasteiger partial charge in [-0.3, -0.25) is 4.79 Å². The van der Waals surface area contributed by atoms with E-state index in [1.165, 1.54) is 0 Å². The predicted octanol–water partition coefficient (Wildman–Crippen LogP) is -1.27. The minimum absolute atomic E-state index is 0.212. The first-order valence-corrected chi connectivity index (χ1v) is 6.01. The van der Waals surface area contributed by atoms with Crippen molar-refractivity contribution >= 4 is 16.0 Å². The molecule has 0 aromatic rings. The number of carboxylic acids is 1. The van der Waals surface area contributed by atoms with E-state index in [1.54, 1.807) is 0 Å². The van der Waals surface area contributed by atoms with Gasteiger partial charge in [-0.25, -0.2) is 13.1 Å². The Balaban J connectivity index is 2.51. The molecule has 7 heteroatoms. The van der Waals surface area contributed by atoms with Crippen molar-refractivity contribution in [2.24, 2.45) is 11.7 Å². The zero-order valence-corrected chi connectivity index (χ0v) is 8.46. The molecule has 1 aliphatic rings. The average Bonchev–Trinajstić information content (AvgIpc) is 2.79. The number of rotatable bonds is 6. The average molecular weight is 222 g/mol. The summed E-state index contributed by atoms with van der Waals surface area (Å²) in [7, 11) is -3.73. The Bertz CT molecular complexity index is 310. The maximum Gasteiger partial charge on any atom is 0.320 e. The number of hydrogen-bond acceptors (Lipinski definition) is 4. The van der Waals surface area contributed by atoms with Crippen molar-refractivity contribution in [3.8, 4) is 0 Å². The van der Waals surface area contributed by atoms with Crippen molar-refractivity contribution in [2.45, 2.75) is 18.9 Å². The molecular formula is C7H14N2O4S. The van der Waals surface area contributed by atoms with Crippen LogP contribution in [-0.2, 0) is 14.8 Å². The highest BCUT2D eigenvalue weighted by molar-refractivity contribution is 7.90. The standard InChI is InChI=1S/C7H14N2O4S/c8-3-6(5-1-2-5)9-14(12,13)4-7(10)11/h5-6,9H,1-4,8H2,(H,10,11). The molecule has 1 atom stereocenters. The topological polar surface area (TPSA) is 109 Å². The molecule has 1 fully saturated rings. The molecule has 0 spiro atoms. The van der Waals surface area contributed by atoms with E-state index < -0.39 is 21.7 Å². The Labute approximate surface area is 82.5 Å². The van der Waals surface area contributed by atoms with Crippen molar-refractivity contribution in [1.82, 2.24) is 4.72 Å². The summed E-state index contributed by atoms with van der Waals surface area (Å²) in [6, 6.07) is -0.306. The van der Waals surface area contributed by atoms with Crippen molar-refractivity contribution in [3.05, 3.63) is 0 Å². The highest BCUT2D eigenvalue weighted by Gasteiger charge is 2.33. The molecular weight excluding hydrogens is 208 g/mol. The van der Waals surface area contributed by atoms with Crippen LogP contribution < -0.4 is 10.5 Å². The summed E-state index contributed by atoms with van der Waals surface area (Å²) in [4.78, 5) is 10.2. The van der Waals surface area contributed by atoms with Crippen molar-refractivity contribution in [3.63, 3.8) is 0 Å². The first kappa shape index (κ1) is 11.4. The molecule has 82 valence electrons. The number of carbonyl (C=O) groups is 1. The second-order valence-corrected chi connectivity index (χ2v) is 5.20. The lowest BCUT2D eigenvalue weighted by atomic mass is 10.2. The first-order chi connectivity index (χ1) is 6.44. The zero-order chi connectivity index (χ0) is 10.8. The number of sulfonamides is 1. The Kier molecular flexibility index (Phi) is 3.46. The van der Waals surface area contributed by atoms with Crippen LogP contribution in [0.3, 0.4) is 0 Å². The molecule has 14 heavy (non-hydrogen) atoms. The molecule has 0 amide bonds. The lowest BCUT2D eigenvalue weighted by molar-refractivity contribution is -0.134. The van der Waals surface area contributed by atoms with Gasteiger partial charge >= 0.3 is 5.97 Å². The number of aliphatic carboxylic acids is 1. The Morgan fingerprint density at radius 1 is 1.57 bits per heavy atom. The van der Waals surface area contributed by atoms with Crippen LogP contribution in [-0.4, -0.2) is 37.8 Å². The van der Waals surface area contributed by atoms with Crippen LogP contribution in [0.15, 0.2) is 0 Å². The lowest BCUT2D eigenvalue weighted by Gasteiger charge is -2.14. The van der Waals surface area contributed by atoms with E-state index in [9.17, 15) is 13.2 Å². The Morgan fingerprint density at radius 3 is 2.50 bits per heavy atom. The maximum atomic E-state index is 11.2. The molecule has 0 heterocycles. The molecule has 1 unspecified atom stereocenters. The van der Waals surface area contributed by atoms with E-state index in [0.29, 0.717) is 0 Å². The molecule has 1 saturated carbocycles. The molecule has 4 N–H and O–H groups in total. The fourth-order valence-electron chi connectivity index (χ4n) is 1.27. The molecule has 1 aliphatic carbocycles. The second kappa shape index (κ2) is 4.24. The summed E-state index contributed by atoms with van der Waals surface area (Å²) in [5.74, 6) is -1.97. The third-order valence-electron chi connectivity index (χ3n) is 2.09. The smallest absolute Gasteiger partial charge is 0.320 e. The van der Waals surface area contributed by atoms with Crippen LogP contribution >= 0.6 is 0 Å². The molecule has 0 saturated heterocycles. The molecule has 0 aliphatic heterocycles. The molecule has 0 radical (unpaired) electrons. The zero-order valence-electron chi connectivity index (χ0n) is 7.64. The van der Waals surface area contributed by atoms with Crippen LogP contribution in [0.2, 0.25) is 0 Å². The molecule has 0 aromatic carbocycles. The van der Waals surface area contributed by atoms with E-state index in [1.807, 2.05) is 0 Å². The van der Waals surface area contributed by atoms with Gasteiger partial charge < -0.3 is 10.8 Å². The number of carboxylic acid groups (broad SMARTS) is 1. The van der Waals surface area contributed by atoms with Gasteiger partial charge in [0.1, 0.15) is 0 Å². The van der Waals surface area contributed by atoms with Crippen molar-refractivity contribution in [2.75, 3.05) is 12.3 Å². The largest absolute Gasteiger partial charge is 0.480 e. The van der Waals surface area contributed by atoms with Gasteiger partial charge in [0.05, 0.1) is 0 Å². The van der Waals surface area contributed by atoms with Crippen LogP contribution in [0.1, 0.15) is 12.8 Å². The van der Waals surface area contributed by atoms with Crippen LogP contribution in [0.25, 0.3) is 0 Å². The third kappa shape index (κ3) is 3.60. The fourth-order valence-corrected chi connectivity index (χ4v) is 2.43. The monoisotopic (exact) mass is 222 g/mol. The summed E-state index contributed by atoms with van der Waals surface area (Å²) in [5, 5.41) is 8.34. The predicted molar refractivity (Wildman–Crippen MR) is 50.1 cm³/mol. The quantitative estimate of drug-likeness (QED) is 0.519. The van der Waals surface area contributed by atoms with Crippen LogP contribution in [0.5, 0.6) is 0 Å². The van der Waals surface area contributed by atoms with Crippen molar-refractivity contribution in [1.29, 1.82) is 0 Å². The maximum absolute atomic E-state index is 11.2. The fraction of sp³-hybridized carbons (Fsp3) is 0.857. The number of hydrogen-bond donors (Lipinski definition) is 3. The molecule has 0 bridgehead atoms. The normalized spacial score (nSPS) is 19.2. The van der Waals surface area contributed by atoms with Gasteiger partial charge in [-0.1, -0.05) is 0 Å². The third-order valence-corrected chi connectivity index (χ3v) is 3.38. The number of nitrogens with one attached hydrogen (secondary N) is 1. The van der Waals surface area contributed by atoms with Gasteiger partial charge in [-0.15, -0.1) is 0 Å². The summed E-state index contributed by atoms with van der Waals surface area (Å²) in [6.07, 6.45) is 1.91. The van der Waals surface area contributed by atoms with Gasteiger partial charge in [0, 0.05) is 12.6 Å². The van der Waals surface area contributed by atoms with E-state index in [0.717, 1.165) is 12.8 Å². The first-order valence-electron chi connectivity index (χ1n) is 4.36. The van der Waals surface area contributed by atoms with Crippen molar-refractivity contribution < 1.29 is 18.3 Å². The van der Waals surface area contributed by atoms with Gasteiger partial charge in [0.2, 0.25) is 10.0 Å². The Morgan fingerprint density at radius 2 is 2.14 bits per heavy atom. The van der Waals surface area contributed by atoms with Gasteiger partial charge in [0.15, 0.2) is 5.75 Å².